The highest BCUT2D eigenvalue weighted by atomic mass is 19.4. The van der Waals surface area contributed by atoms with Crippen molar-refractivity contribution in [1.82, 2.24) is 14.6 Å². The summed E-state index contributed by atoms with van der Waals surface area (Å²) in [7, 11) is 0. The molecule has 0 aliphatic heterocycles. The number of hydrogen-bond acceptors (Lipinski definition) is 5. The van der Waals surface area contributed by atoms with Gasteiger partial charge in [0.2, 0.25) is 0 Å². The Hall–Kier alpha value is -3.12. The summed E-state index contributed by atoms with van der Waals surface area (Å²) in [6.45, 7) is 6.25. The van der Waals surface area contributed by atoms with Crippen molar-refractivity contribution in [3.05, 3.63) is 47.8 Å². The number of nitrogens with zero attached hydrogens (tertiary/aromatic N) is 4. The molecule has 2 aromatic heterocycles. The lowest BCUT2D eigenvalue weighted by Gasteiger charge is -2.26. The number of rotatable bonds is 6. The highest BCUT2D eigenvalue weighted by Crippen LogP contribution is 2.31. The third-order valence-electron chi connectivity index (χ3n) is 4.48. The first-order chi connectivity index (χ1) is 14.0. The monoisotopic (exact) mass is 417 g/mol. The maximum Gasteiger partial charge on any atom is 0.435 e. The van der Waals surface area contributed by atoms with Crippen LogP contribution in [0.3, 0.4) is 0 Å². The SMILES string of the molecule is CC(C)CC(C)(N)COc1ccc(-c2ccnc3cc(C(F)(F)F)nn23)cc1C#N. The van der Waals surface area contributed by atoms with E-state index in [1.54, 1.807) is 18.2 Å². The minimum atomic E-state index is -4.58. The first-order valence-electron chi connectivity index (χ1n) is 9.38. The number of nitrogens with two attached hydrogens (primary N) is 1. The van der Waals surface area contributed by atoms with Crippen LogP contribution in [-0.4, -0.2) is 26.7 Å². The molecule has 2 N–H and O–H groups in total. The second-order valence-corrected chi connectivity index (χ2v) is 7.99. The minimum absolute atomic E-state index is 0.0613. The fraction of sp³-hybridized carbons (Fsp3) is 0.381. The van der Waals surface area contributed by atoms with Crippen LogP contribution in [0.2, 0.25) is 0 Å². The van der Waals surface area contributed by atoms with E-state index in [0.717, 1.165) is 17.0 Å². The summed E-state index contributed by atoms with van der Waals surface area (Å²) < 4.78 is 46.0. The van der Waals surface area contributed by atoms with Crippen LogP contribution < -0.4 is 10.5 Å². The molecular weight excluding hydrogens is 395 g/mol. The molecule has 2 heterocycles. The quantitative estimate of drug-likeness (QED) is 0.641. The molecule has 0 aliphatic carbocycles. The molecule has 158 valence electrons. The molecule has 0 spiro atoms. The lowest BCUT2D eigenvalue weighted by molar-refractivity contribution is -0.141. The van der Waals surface area contributed by atoms with Gasteiger partial charge in [0.15, 0.2) is 11.3 Å². The van der Waals surface area contributed by atoms with E-state index in [2.05, 4.69) is 30.0 Å². The Morgan fingerprint density at radius 1 is 1.23 bits per heavy atom. The van der Waals surface area contributed by atoms with Crippen LogP contribution in [-0.2, 0) is 6.18 Å². The number of hydrogen-bond donors (Lipinski definition) is 1. The predicted octanol–water partition coefficient (Wildman–Crippen LogP) is 4.43. The van der Waals surface area contributed by atoms with Gasteiger partial charge in [-0.2, -0.15) is 23.5 Å². The molecule has 30 heavy (non-hydrogen) atoms. The molecule has 0 radical (unpaired) electrons. The van der Waals surface area contributed by atoms with Crippen molar-refractivity contribution >= 4 is 5.65 Å². The Kier molecular flexibility index (Phi) is 5.72. The smallest absolute Gasteiger partial charge is 0.435 e. The maximum atomic E-state index is 13.0. The maximum absolute atomic E-state index is 13.0. The van der Waals surface area contributed by atoms with Crippen molar-refractivity contribution in [2.75, 3.05) is 6.61 Å². The fourth-order valence-electron chi connectivity index (χ4n) is 3.39. The van der Waals surface area contributed by atoms with Gasteiger partial charge < -0.3 is 10.5 Å². The zero-order chi connectivity index (χ0) is 22.1. The number of alkyl halides is 3. The lowest BCUT2D eigenvalue weighted by atomic mass is 9.93. The third-order valence-corrected chi connectivity index (χ3v) is 4.48. The molecule has 1 aromatic carbocycles. The van der Waals surface area contributed by atoms with Crippen molar-refractivity contribution in [2.45, 2.75) is 38.9 Å². The van der Waals surface area contributed by atoms with Crippen LogP contribution in [0.25, 0.3) is 16.9 Å². The predicted molar refractivity (Wildman–Crippen MR) is 106 cm³/mol. The molecular formula is C21H22F3N5O. The largest absolute Gasteiger partial charge is 0.490 e. The number of halogens is 3. The average molecular weight is 417 g/mol. The lowest BCUT2D eigenvalue weighted by Crippen LogP contribution is -2.43. The molecule has 9 heteroatoms. The summed E-state index contributed by atoms with van der Waals surface area (Å²) in [5.41, 5.74) is 5.88. The average Bonchev–Trinajstić information content (AvgIpc) is 3.10. The van der Waals surface area contributed by atoms with Gasteiger partial charge in [0.25, 0.3) is 0 Å². The van der Waals surface area contributed by atoms with E-state index in [4.69, 9.17) is 10.5 Å². The van der Waals surface area contributed by atoms with Crippen molar-refractivity contribution in [1.29, 1.82) is 5.26 Å². The van der Waals surface area contributed by atoms with E-state index in [0.29, 0.717) is 22.9 Å². The first kappa shape index (κ1) is 21.6. The van der Waals surface area contributed by atoms with Crippen molar-refractivity contribution in [3.8, 4) is 23.1 Å². The molecule has 0 bridgehead atoms. The number of aromatic nitrogens is 3. The molecule has 0 fully saturated rings. The molecule has 0 amide bonds. The van der Waals surface area contributed by atoms with Crippen molar-refractivity contribution in [2.24, 2.45) is 11.7 Å². The van der Waals surface area contributed by atoms with Crippen LogP contribution in [0.4, 0.5) is 13.2 Å². The van der Waals surface area contributed by atoms with Crippen LogP contribution in [0, 0.1) is 17.2 Å². The molecule has 3 aromatic rings. The number of nitriles is 1. The summed E-state index contributed by atoms with van der Waals surface area (Å²) in [6, 6.07) is 9.31. The third kappa shape index (κ3) is 4.71. The minimum Gasteiger partial charge on any atom is -0.490 e. The summed E-state index contributed by atoms with van der Waals surface area (Å²) in [4.78, 5) is 3.94. The van der Waals surface area contributed by atoms with E-state index in [1.807, 2.05) is 6.92 Å². The topological polar surface area (TPSA) is 89.2 Å². The molecule has 6 nitrogen and oxygen atoms in total. The second-order valence-electron chi connectivity index (χ2n) is 7.99. The Morgan fingerprint density at radius 2 is 1.97 bits per heavy atom. The Labute approximate surface area is 172 Å². The Balaban J connectivity index is 1.94. The number of fused-ring (bicyclic) bond motifs is 1. The van der Waals surface area contributed by atoms with Crippen LogP contribution in [0.15, 0.2) is 36.5 Å². The van der Waals surface area contributed by atoms with E-state index in [9.17, 15) is 18.4 Å². The van der Waals surface area contributed by atoms with E-state index >= 15 is 0 Å². The number of ether oxygens (including phenoxy) is 1. The Bertz CT molecular complexity index is 1100. The zero-order valence-corrected chi connectivity index (χ0v) is 16.9. The van der Waals surface area contributed by atoms with Gasteiger partial charge in [-0.25, -0.2) is 9.50 Å². The van der Waals surface area contributed by atoms with Gasteiger partial charge in [0.05, 0.1) is 11.3 Å². The van der Waals surface area contributed by atoms with Gasteiger partial charge >= 0.3 is 6.18 Å². The summed E-state index contributed by atoms with van der Waals surface area (Å²) in [5, 5.41) is 13.2. The highest BCUT2D eigenvalue weighted by Gasteiger charge is 2.34. The first-order valence-corrected chi connectivity index (χ1v) is 9.38. The summed E-state index contributed by atoms with van der Waals surface area (Å²) in [6.07, 6.45) is -2.43. The molecule has 0 aliphatic rings. The molecule has 0 saturated heterocycles. The standard InChI is InChI=1S/C21H22F3N5O/c1-13(2)10-20(3,26)12-30-17-5-4-14(8-15(17)11-25)16-6-7-27-19-9-18(21(22,23)24)28-29(16)19/h4-9,13H,10,12,26H2,1-3H3. The summed E-state index contributed by atoms with van der Waals surface area (Å²) >= 11 is 0. The molecule has 3 rings (SSSR count). The van der Waals surface area contributed by atoms with Gasteiger partial charge in [-0.3, -0.25) is 0 Å². The van der Waals surface area contributed by atoms with Crippen molar-refractivity contribution in [3.63, 3.8) is 0 Å². The van der Waals surface area contributed by atoms with Gasteiger partial charge in [-0.05, 0) is 43.5 Å². The van der Waals surface area contributed by atoms with Gasteiger partial charge in [0, 0.05) is 23.4 Å². The van der Waals surface area contributed by atoms with E-state index in [1.165, 1.54) is 12.3 Å². The summed E-state index contributed by atoms with van der Waals surface area (Å²) in [5.74, 6) is 0.759. The fourth-order valence-corrected chi connectivity index (χ4v) is 3.39. The van der Waals surface area contributed by atoms with Crippen molar-refractivity contribution < 1.29 is 17.9 Å². The normalized spacial score (nSPS) is 14.0. The van der Waals surface area contributed by atoms with Crippen LogP contribution in [0.1, 0.15) is 38.4 Å². The van der Waals surface area contributed by atoms with Crippen LogP contribution in [0.5, 0.6) is 5.75 Å². The number of benzene rings is 1. The van der Waals surface area contributed by atoms with Gasteiger partial charge in [0.1, 0.15) is 18.4 Å². The second kappa shape index (κ2) is 7.95. The van der Waals surface area contributed by atoms with E-state index in [-0.39, 0.29) is 17.8 Å². The van der Waals surface area contributed by atoms with E-state index < -0.39 is 17.4 Å². The van der Waals surface area contributed by atoms with Gasteiger partial charge in [-0.1, -0.05) is 13.8 Å². The molecule has 0 saturated carbocycles. The molecule has 1 atom stereocenters. The zero-order valence-electron chi connectivity index (χ0n) is 16.9. The van der Waals surface area contributed by atoms with Gasteiger partial charge in [-0.15, -0.1) is 0 Å². The Morgan fingerprint density at radius 3 is 2.60 bits per heavy atom. The van der Waals surface area contributed by atoms with Crippen LogP contribution >= 0.6 is 0 Å². The molecule has 1 unspecified atom stereocenters. The highest BCUT2D eigenvalue weighted by molar-refractivity contribution is 5.66.